The van der Waals surface area contributed by atoms with Gasteiger partial charge in [0.2, 0.25) is 0 Å². The summed E-state index contributed by atoms with van der Waals surface area (Å²) < 4.78 is 6.52. The third kappa shape index (κ3) is 4.16. The largest absolute Gasteiger partial charge is 0.455 e. The minimum Gasteiger partial charge on any atom is -0.455 e. The van der Waals surface area contributed by atoms with Gasteiger partial charge >= 0.3 is 0 Å². The van der Waals surface area contributed by atoms with Crippen LogP contribution in [-0.4, -0.2) is 0 Å². The Hall–Kier alpha value is -6.70. The minimum absolute atomic E-state index is 0.915. The second kappa shape index (κ2) is 10.9. The zero-order valence-corrected chi connectivity index (χ0v) is 27.7. The Morgan fingerprint density at radius 2 is 0.784 bits per heavy atom. The summed E-state index contributed by atoms with van der Waals surface area (Å²) in [7, 11) is 0. The Bertz CT molecular complexity index is 3140. The van der Waals surface area contributed by atoms with E-state index in [2.05, 4.69) is 176 Å². The van der Waals surface area contributed by atoms with Gasteiger partial charge in [-0.25, -0.2) is 0 Å². The lowest BCUT2D eigenvalue weighted by molar-refractivity contribution is 0.670. The van der Waals surface area contributed by atoms with Gasteiger partial charge in [0.1, 0.15) is 11.2 Å². The molecular weight excluding hydrogens is 617 g/mol. The molecule has 0 unspecified atom stereocenters. The molecular formula is C50H30O. The quantitative estimate of drug-likeness (QED) is 0.138. The average molecular weight is 647 g/mol. The zero-order valence-electron chi connectivity index (χ0n) is 27.7. The van der Waals surface area contributed by atoms with Gasteiger partial charge in [-0.2, -0.15) is 0 Å². The van der Waals surface area contributed by atoms with Crippen molar-refractivity contribution in [2.24, 2.45) is 0 Å². The molecule has 0 spiro atoms. The monoisotopic (exact) mass is 646 g/mol. The smallest absolute Gasteiger partial charge is 0.143 e. The molecule has 0 saturated heterocycles. The molecule has 1 heteroatoms. The lowest BCUT2D eigenvalue weighted by atomic mass is 9.83. The maximum atomic E-state index is 6.52. The molecule has 11 rings (SSSR count). The average Bonchev–Trinajstić information content (AvgIpc) is 3.59. The van der Waals surface area contributed by atoms with Crippen LogP contribution in [0, 0.1) is 0 Å². The predicted octanol–water partition coefficient (Wildman–Crippen LogP) is 14.4. The Labute approximate surface area is 294 Å². The van der Waals surface area contributed by atoms with E-state index in [-0.39, 0.29) is 0 Å². The summed E-state index contributed by atoms with van der Waals surface area (Å²) in [5.41, 5.74) is 9.14. The van der Waals surface area contributed by atoms with E-state index in [1.165, 1.54) is 81.7 Å². The molecule has 0 aliphatic heterocycles. The van der Waals surface area contributed by atoms with Gasteiger partial charge in [-0.05, 0) is 93.8 Å². The van der Waals surface area contributed by atoms with Gasteiger partial charge < -0.3 is 4.42 Å². The Kier molecular flexibility index (Phi) is 6.02. The van der Waals surface area contributed by atoms with Crippen LogP contribution in [0.25, 0.3) is 109 Å². The van der Waals surface area contributed by atoms with Crippen LogP contribution < -0.4 is 0 Å². The summed E-state index contributed by atoms with van der Waals surface area (Å²) in [6.07, 6.45) is 0. The van der Waals surface area contributed by atoms with Crippen LogP contribution >= 0.6 is 0 Å². The number of hydrogen-bond acceptors (Lipinski definition) is 1. The summed E-state index contributed by atoms with van der Waals surface area (Å²) in [4.78, 5) is 0. The van der Waals surface area contributed by atoms with Crippen molar-refractivity contribution in [3.8, 4) is 33.4 Å². The predicted molar refractivity (Wildman–Crippen MR) is 218 cm³/mol. The molecule has 0 N–H and O–H groups in total. The van der Waals surface area contributed by atoms with E-state index < -0.39 is 0 Å². The molecule has 0 aliphatic carbocycles. The Balaban J connectivity index is 1.19. The Morgan fingerprint density at radius 3 is 1.51 bits per heavy atom. The third-order valence-corrected chi connectivity index (χ3v) is 10.9. The number of rotatable bonds is 3. The van der Waals surface area contributed by atoms with E-state index in [1.54, 1.807) is 0 Å². The van der Waals surface area contributed by atoms with Gasteiger partial charge in [0.05, 0.1) is 0 Å². The molecule has 1 heterocycles. The van der Waals surface area contributed by atoms with Gasteiger partial charge in [-0.3, -0.25) is 0 Å². The molecule has 51 heavy (non-hydrogen) atoms. The number of hydrogen-bond donors (Lipinski definition) is 0. The van der Waals surface area contributed by atoms with Crippen LogP contribution in [-0.2, 0) is 0 Å². The van der Waals surface area contributed by atoms with Gasteiger partial charge in [0, 0.05) is 16.3 Å². The van der Waals surface area contributed by atoms with Crippen LogP contribution in [0.4, 0.5) is 0 Å². The lowest BCUT2D eigenvalue weighted by Crippen LogP contribution is -1.92. The highest BCUT2D eigenvalue weighted by Gasteiger charge is 2.20. The minimum atomic E-state index is 0.915. The van der Waals surface area contributed by atoms with Crippen LogP contribution in [0.15, 0.2) is 186 Å². The second-order valence-corrected chi connectivity index (χ2v) is 13.6. The van der Waals surface area contributed by atoms with Gasteiger partial charge in [0.15, 0.2) is 0 Å². The van der Waals surface area contributed by atoms with Crippen LogP contribution in [0.5, 0.6) is 0 Å². The third-order valence-electron chi connectivity index (χ3n) is 10.9. The molecule has 0 radical (unpaired) electrons. The standard InChI is InChI=1S/C50H30O/c1-2-13-34-31(12-1)24-25-32-26-27-33(30-46(32)34)48-39-17-5-7-19-41(39)49(42-20-8-6-18-40(42)48)43-29-28-37(35-14-3-4-15-36(35)43)44-21-11-22-45-38-16-9-10-23-47(38)51-50(44)45/h1-30H. The summed E-state index contributed by atoms with van der Waals surface area (Å²) in [5.74, 6) is 0. The van der Waals surface area contributed by atoms with E-state index in [0.29, 0.717) is 0 Å². The molecule has 11 aromatic rings. The lowest BCUT2D eigenvalue weighted by Gasteiger charge is -2.20. The van der Waals surface area contributed by atoms with Crippen LogP contribution in [0.1, 0.15) is 0 Å². The first kappa shape index (κ1) is 28.2. The van der Waals surface area contributed by atoms with Gasteiger partial charge in [-0.15, -0.1) is 0 Å². The summed E-state index contributed by atoms with van der Waals surface area (Å²) in [6, 6.07) is 66.4. The summed E-state index contributed by atoms with van der Waals surface area (Å²) in [6.45, 7) is 0. The molecule has 0 fully saturated rings. The van der Waals surface area contributed by atoms with Crippen molar-refractivity contribution in [2.75, 3.05) is 0 Å². The molecule has 0 amide bonds. The molecule has 1 aromatic heterocycles. The SMILES string of the molecule is c1ccc2c(c1)ccc1ccc(-c3c4ccccc4c(-c4ccc(-c5cccc6c5oc5ccccc56)c5ccccc45)c4ccccc34)cc12. The molecule has 1 nitrogen and oxygen atoms in total. The molecule has 0 atom stereocenters. The molecule has 236 valence electrons. The van der Waals surface area contributed by atoms with Crippen molar-refractivity contribution < 1.29 is 4.42 Å². The van der Waals surface area contributed by atoms with E-state index in [0.717, 1.165) is 27.5 Å². The van der Waals surface area contributed by atoms with E-state index in [1.807, 2.05) is 6.07 Å². The van der Waals surface area contributed by atoms with Crippen LogP contribution in [0.2, 0.25) is 0 Å². The maximum absolute atomic E-state index is 6.52. The normalized spacial score (nSPS) is 11.9. The van der Waals surface area contributed by atoms with Crippen molar-refractivity contribution in [1.29, 1.82) is 0 Å². The highest BCUT2D eigenvalue weighted by atomic mass is 16.3. The number of benzene rings is 10. The second-order valence-electron chi connectivity index (χ2n) is 13.6. The van der Waals surface area contributed by atoms with Crippen molar-refractivity contribution in [1.82, 2.24) is 0 Å². The van der Waals surface area contributed by atoms with Crippen LogP contribution in [0.3, 0.4) is 0 Å². The first-order valence-corrected chi connectivity index (χ1v) is 17.6. The van der Waals surface area contributed by atoms with E-state index in [4.69, 9.17) is 4.42 Å². The maximum Gasteiger partial charge on any atom is 0.143 e. The van der Waals surface area contributed by atoms with E-state index >= 15 is 0 Å². The first-order chi connectivity index (χ1) is 25.3. The van der Waals surface area contributed by atoms with Gasteiger partial charge in [-0.1, -0.05) is 170 Å². The highest BCUT2D eigenvalue weighted by Crippen LogP contribution is 2.47. The molecule has 10 aromatic carbocycles. The fraction of sp³-hybridized carbons (Fsp3) is 0. The van der Waals surface area contributed by atoms with Crippen molar-refractivity contribution in [3.63, 3.8) is 0 Å². The zero-order chi connectivity index (χ0) is 33.5. The number of furan rings is 1. The molecule has 0 bridgehead atoms. The number of para-hydroxylation sites is 2. The highest BCUT2D eigenvalue weighted by molar-refractivity contribution is 6.25. The molecule has 0 saturated carbocycles. The number of fused-ring (bicyclic) bond motifs is 9. The Morgan fingerprint density at radius 1 is 0.275 bits per heavy atom. The van der Waals surface area contributed by atoms with Crippen molar-refractivity contribution in [3.05, 3.63) is 182 Å². The fourth-order valence-electron chi connectivity index (χ4n) is 8.60. The van der Waals surface area contributed by atoms with Gasteiger partial charge in [0.25, 0.3) is 0 Å². The fourth-order valence-corrected chi connectivity index (χ4v) is 8.60. The summed E-state index contributed by atoms with van der Waals surface area (Å²) in [5, 5.41) is 14.8. The first-order valence-electron chi connectivity index (χ1n) is 17.6. The van der Waals surface area contributed by atoms with Crippen molar-refractivity contribution >= 4 is 75.8 Å². The molecule has 0 aliphatic rings. The summed E-state index contributed by atoms with van der Waals surface area (Å²) >= 11 is 0. The topological polar surface area (TPSA) is 13.1 Å². The van der Waals surface area contributed by atoms with E-state index in [9.17, 15) is 0 Å². The van der Waals surface area contributed by atoms with Crippen molar-refractivity contribution in [2.45, 2.75) is 0 Å².